The van der Waals surface area contributed by atoms with E-state index in [1.54, 1.807) is 26.0 Å². The van der Waals surface area contributed by atoms with Gasteiger partial charge in [-0.1, -0.05) is 35.9 Å². The minimum absolute atomic E-state index is 0.0117. The van der Waals surface area contributed by atoms with Crippen LogP contribution in [0.4, 0.5) is 0 Å². The summed E-state index contributed by atoms with van der Waals surface area (Å²) in [5, 5.41) is 2.91. The Kier molecular flexibility index (Phi) is 8.91. The molecule has 0 aliphatic heterocycles. The molecule has 0 aliphatic rings. The van der Waals surface area contributed by atoms with Gasteiger partial charge in [-0.25, -0.2) is 0 Å². The molecule has 2 rings (SSSR count). The van der Waals surface area contributed by atoms with Crippen LogP contribution in [-0.4, -0.2) is 43.0 Å². The van der Waals surface area contributed by atoms with Crippen LogP contribution >= 0.6 is 0 Å². The van der Waals surface area contributed by atoms with E-state index < -0.39 is 6.04 Å². The molecule has 2 amide bonds. The third kappa shape index (κ3) is 7.02. The minimum atomic E-state index is -0.569. The molecule has 0 aromatic heterocycles. The van der Waals surface area contributed by atoms with Gasteiger partial charge in [0.2, 0.25) is 11.8 Å². The molecule has 0 spiro atoms. The number of hydrogen-bond donors (Lipinski definition) is 1. The summed E-state index contributed by atoms with van der Waals surface area (Å²) in [5.41, 5.74) is 3.10. The molecule has 0 saturated carbocycles. The minimum Gasteiger partial charge on any atom is -0.493 e. The molecular formula is C25H34N2O4. The van der Waals surface area contributed by atoms with Gasteiger partial charge in [-0.05, 0) is 57.4 Å². The Balaban J connectivity index is 2.17. The van der Waals surface area contributed by atoms with Gasteiger partial charge in [0.1, 0.15) is 6.04 Å². The predicted octanol–water partition coefficient (Wildman–Crippen LogP) is 3.89. The maximum Gasteiger partial charge on any atom is 0.242 e. The van der Waals surface area contributed by atoms with Crippen molar-refractivity contribution in [2.24, 2.45) is 0 Å². The Labute approximate surface area is 185 Å². The molecule has 1 unspecified atom stereocenters. The summed E-state index contributed by atoms with van der Waals surface area (Å²) < 4.78 is 10.6. The summed E-state index contributed by atoms with van der Waals surface area (Å²) in [5.74, 6) is 1.07. The first-order chi connectivity index (χ1) is 14.7. The third-order valence-corrected chi connectivity index (χ3v) is 5.11. The highest BCUT2D eigenvalue weighted by atomic mass is 16.5. The van der Waals surface area contributed by atoms with E-state index in [0.29, 0.717) is 30.9 Å². The number of aryl methyl sites for hydroxylation is 2. The van der Waals surface area contributed by atoms with Crippen molar-refractivity contribution >= 4 is 11.8 Å². The van der Waals surface area contributed by atoms with Crippen molar-refractivity contribution in [3.05, 3.63) is 59.2 Å². The number of benzene rings is 2. The van der Waals surface area contributed by atoms with Crippen LogP contribution in [0.5, 0.6) is 11.5 Å². The number of amides is 2. The average molecular weight is 427 g/mol. The van der Waals surface area contributed by atoms with E-state index in [-0.39, 0.29) is 17.9 Å². The van der Waals surface area contributed by atoms with Crippen LogP contribution in [0.15, 0.2) is 42.5 Å². The highest BCUT2D eigenvalue weighted by molar-refractivity contribution is 5.87. The number of nitrogens with one attached hydrogen (secondary N) is 1. The van der Waals surface area contributed by atoms with Gasteiger partial charge in [-0.15, -0.1) is 0 Å². The first-order valence-corrected chi connectivity index (χ1v) is 10.6. The van der Waals surface area contributed by atoms with Crippen molar-refractivity contribution in [1.29, 1.82) is 0 Å². The quantitative estimate of drug-likeness (QED) is 0.626. The summed E-state index contributed by atoms with van der Waals surface area (Å²) in [7, 11) is 3.18. The Hall–Kier alpha value is -3.02. The van der Waals surface area contributed by atoms with E-state index in [9.17, 15) is 9.59 Å². The molecule has 6 nitrogen and oxygen atoms in total. The van der Waals surface area contributed by atoms with E-state index in [2.05, 4.69) is 5.32 Å². The first-order valence-electron chi connectivity index (χ1n) is 10.6. The van der Waals surface area contributed by atoms with Crippen LogP contribution in [0, 0.1) is 6.92 Å². The summed E-state index contributed by atoms with van der Waals surface area (Å²) in [4.78, 5) is 27.5. The Morgan fingerprint density at radius 1 is 0.968 bits per heavy atom. The molecule has 2 aromatic rings. The van der Waals surface area contributed by atoms with Crippen molar-refractivity contribution in [2.45, 2.75) is 59.2 Å². The SMILES string of the molecule is COc1ccc(CCC(=O)N(Cc2cccc(C)c2)C(C)C(=O)NC(C)C)cc1OC. The molecule has 6 heteroatoms. The molecule has 0 radical (unpaired) electrons. The standard InChI is InChI=1S/C25H34N2O4/c1-17(2)26-25(29)19(4)27(16-21-9-7-8-18(3)14-21)24(28)13-11-20-10-12-22(30-5)23(15-20)31-6/h7-10,12,14-15,17,19H,11,13,16H2,1-6H3,(H,26,29). The highest BCUT2D eigenvalue weighted by Crippen LogP contribution is 2.28. The fourth-order valence-electron chi connectivity index (χ4n) is 3.43. The number of ether oxygens (including phenoxy) is 2. The number of rotatable bonds is 10. The van der Waals surface area contributed by atoms with Crippen molar-refractivity contribution in [1.82, 2.24) is 10.2 Å². The summed E-state index contributed by atoms with van der Waals surface area (Å²) in [6.07, 6.45) is 0.836. The Bertz CT molecular complexity index is 895. The Morgan fingerprint density at radius 2 is 1.68 bits per heavy atom. The normalized spacial score (nSPS) is 11.7. The molecule has 1 atom stereocenters. The fourth-order valence-corrected chi connectivity index (χ4v) is 3.43. The smallest absolute Gasteiger partial charge is 0.242 e. The van der Waals surface area contributed by atoms with Crippen LogP contribution < -0.4 is 14.8 Å². The van der Waals surface area contributed by atoms with Crippen molar-refractivity contribution in [2.75, 3.05) is 14.2 Å². The van der Waals surface area contributed by atoms with Crippen LogP contribution in [0.2, 0.25) is 0 Å². The maximum atomic E-state index is 13.2. The number of hydrogen-bond acceptors (Lipinski definition) is 4. The van der Waals surface area contributed by atoms with Gasteiger partial charge >= 0.3 is 0 Å². The number of carbonyl (C=O) groups excluding carboxylic acids is 2. The van der Waals surface area contributed by atoms with Gasteiger partial charge in [0, 0.05) is 19.0 Å². The molecule has 1 N–H and O–H groups in total. The lowest BCUT2D eigenvalue weighted by molar-refractivity contribution is -0.140. The molecule has 0 saturated heterocycles. The van der Waals surface area contributed by atoms with E-state index in [4.69, 9.17) is 9.47 Å². The van der Waals surface area contributed by atoms with Gasteiger partial charge in [0.05, 0.1) is 14.2 Å². The van der Waals surface area contributed by atoms with E-state index in [1.807, 2.05) is 63.2 Å². The van der Waals surface area contributed by atoms with E-state index in [1.165, 1.54) is 0 Å². The first kappa shape index (κ1) is 24.3. The van der Waals surface area contributed by atoms with Gasteiger partial charge in [-0.3, -0.25) is 9.59 Å². The number of methoxy groups -OCH3 is 2. The van der Waals surface area contributed by atoms with Gasteiger partial charge in [0.25, 0.3) is 0 Å². The van der Waals surface area contributed by atoms with E-state index >= 15 is 0 Å². The zero-order valence-corrected chi connectivity index (χ0v) is 19.4. The van der Waals surface area contributed by atoms with Crippen LogP contribution in [0.25, 0.3) is 0 Å². The Morgan fingerprint density at radius 3 is 2.29 bits per heavy atom. The van der Waals surface area contributed by atoms with Crippen molar-refractivity contribution in [3.8, 4) is 11.5 Å². The van der Waals surface area contributed by atoms with Crippen LogP contribution in [-0.2, 0) is 22.6 Å². The van der Waals surface area contributed by atoms with Gasteiger partial charge in [-0.2, -0.15) is 0 Å². The second-order valence-corrected chi connectivity index (χ2v) is 8.04. The fraction of sp³-hybridized carbons (Fsp3) is 0.440. The lowest BCUT2D eigenvalue weighted by atomic mass is 10.1. The predicted molar refractivity (Wildman–Crippen MR) is 122 cm³/mol. The molecule has 31 heavy (non-hydrogen) atoms. The molecular weight excluding hydrogens is 392 g/mol. The summed E-state index contributed by atoms with van der Waals surface area (Å²) in [6, 6.07) is 13.1. The second-order valence-electron chi connectivity index (χ2n) is 8.04. The molecule has 168 valence electrons. The van der Waals surface area contributed by atoms with Crippen LogP contribution in [0.1, 0.15) is 43.9 Å². The second kappa shape index (κ2) is 11.4. The molecule has 2 aromatic carbocycles. The molecule has 0 bridgehead atoms. The lowest BCUT2D eigenvalue weighted by Crippen LogP contribution is -2.49. The summed E-state index contributed by atoms with van der Waals surface area (Å²) in [6.45, 7) is 8.01. The maximum absolute atomic E-state index is 13.2. The third-order valence-electron chi connectivity index (χ3n) is 5.11. The zero-order chi connectivity index (χ0) is 23.0. The van der Waals surface area contributed by atoms with Crippen LogP contribution in [0.3, 0.4) is 0 Å². The van der Waals surface area contributed by atoms with Crippen molar-refractivity contribution < 1.29 is 19.1 Å². The molecule has 0 aliphatic carbocycles. The highest BCUT2D eigenvalue weighted by Gasteiger charge is 2.26. The number of carbonyl (C=O) groups is 2. The topological polar surface area (TPSA) is 67.9 Å². The number of nitrogens with zero attached hydrogens (tertiary/aromatic N) is 1. The zero-order valence-electron chi connectivity index (χ0n) is 19.4. The largest absolute Gasteiger partial charge is 0.493 e. The monoisotopic (exact) mass is 426 g/mol. The lowest BCUT2D eigenvalue weighted by Gasteiger charge is -2.29. The molecule has 0 fully saturated rings. The van der Waals surface area contributed by atoms with Gasteiger partial charge < -0.3 is 19.7 Å². The van der Waals surface area contributed by atoms with Crippen molar-refractivity contribution in [3.63, 3.8) is 0 Å². The molecule has 0 heterocycles. The summed E-state index contributed by atoms with van der Waals surface area (Å²) >= 11 is 0. The van der Waals surface area contributed by atoms with E-state index in [0.717, 1.165) is 16.7 Å². The van der Waals surface area contributed by atoms with Gasteiger partial charge in [0.15, 0.2) is 11.5 Å². The average Bonchev–Trinajstić information content (AvgIpc) is 2.74.